The number of thiophene rings is 1. The number of hydrogen-bond acceptors (Lipinski definition) is 3. The zero-order valence-electron chi connectivity index (χ0n) is 5.20. The summed E-state index contributed by atoms with van der Waals surface area (Å²) in [6.45, 7) is 0. The van der Waals surface area contributed by atoms with E-state index in [1.54, 1.807) is 6.07 Å². The topological polar surface area (TPSA) is 40.9 Å². The summed E-state index contributed by atoms with van der Waals surface area (Å²) in [6.07, 6.45) is 0.250. The Morgan fingerprint density at radius 3 is 3.10 bits per heavy atom. The van der Waals surface area contributed by atoms with Gasteiger partial charge in [-0.15, -0.1) is 0 Å². The van der Waals surface area contributed by atoms with Gasteiger partial charge in [0, 0.05) is 6.42 Å². The van der Waals surface area contributed by atoms with Crippen molar-refractivity contribution in [2.75, 3.05) is 0 Å². The highest BCUT2D eigenvalue weighted by Gasteiger charge is 2.00. The van der Waals surface area contributed by atoms with Crippen LogP contribution < -0.4 is 0 Å². The van der Waals surface area contributed by atoms with Crippen LogP contribution in [0, 0.1) is 11.3 Å². The summed E-state index contributed by atoms with van der Waals surface area (Å²) in [5, 5.41) is 11.9. The Morgan fingerprint density at radius 2 is 2.60 bits per heavy atom. The molecule has 0 bridgehead atoms. The molecule has 0 spiro atoms. The van der Waals surface area contributed by atoms with Gasteiger partial charge in [-0.25, -0.2) is 0 Å². The Kier molecular flexibility index (Phi) is 2.19. The molecule has 0 amide bonds. The van der Waals surface area contributed by atoms with Crippen LogP contribution in [0.4, 0.5) is 0 Å². The van der Waals surface area contributed by atoms with Crippen molar-refractivity contribution >= 4 is 17.1 Å². The first-order valence-electron chi connectivity index (χ1n) is 2.77. The van der Waals surface area contributed by atoms with E-state index >= 15 is 0 Å². The van der Waals surface area contributed by atoms with Gasteiger partial charge in [0.15, 0.2) is 0 Å². The summed E-state index contributed by atoms with van der Waals surface area (Å²) in [7, 11) is 0. The van der Waals surface area contributed by atoms with E-state index < -0.39 is 0 Å². The van der Waals surface area contributed by atoms with Gasteiger partial charge < -0.3 is 0 Å². The molecule has 0 radical (unpaired) electrons. The Labute approximate surface area is 62.7 Å². The lowest BCUT2D eigenvalue weighted by molar-refractivity contribution is -0.113. The first kappa shape index (κ1) is 6.97. The minimum Gasteiger partial charge on any atom is -0.282 e. The fourth-order valence-electron chi connectivity index (χ4n) is 0.618. The van der Waals surface area contributed by atoms with Gasteiger partial charge in [-0.1, -0.05) is 0 Å². The number of rotatable bonds is 2. The zero-order chi connectivity index (χ0) is 7.40. The molecule has 0 aliphatic carbocycles. The second kappa shape index (κ2) is 3.14. The van der Waals surface area contributed by atoms with Crippen molar-refractivity contribution < 1.29 is 4.79 Å². The van der Waals surface area contributed by atoms with E-state index in [-0.39, 0.29) is 12.2 Å². The van der Waals surface area contributed by atoms with Crippen molar-refractivity contribution in [2.24, 2.45) is 0 Å². The molecule has 0 atom stereocenters. The molecule has 1 heterocycles. The van der Waals surface area contributed by atoms with Gasteiger partial charge in [-0.3, -0.25) is 4.79 Å². The average Bonchev–Trinajstić information content (AvgIpc) is 2.40. The maximum atomic E-state index is 10.5. The third-order valence-corrected chi connectivity index (χ3v) is 1.80. The second-order valence-electron chi connectivity index (χ2n) is 1.84. The molecular weight excluding hydrogens is 146 g/mol. The molecule has 2 nitrogen and oxygen atoms in total. The smallest absolute Gasteiger partial charge is 0.236 e. The molecule has 1 aromatic rings. The van der Waals surface area contributed by atoms with Gasteiger partial charge in [-0.2, -0.15) is 16.6 Å². The van der Waals surface area contributed by atoms with Crippen molar-refractivity contribution in [1.29, 1.82) is 5.26 Å². The monoisotopic (exact) mass is 151 g/mol. The van der Waals surface area contributed by atoms with Gasteiger partial charge in [-0.05, 0) is 22.4 Å². The van der Waals surface area contributed by atoms with Crippen LogP contribution in [0.15, 0.2) is 16.8 Å². The van der Waals surface area contributed by atoms with E-state index in [4.69, 9.17) is 5.26 Å². The molecule has 10 heavy (non-hydrogen) atoms. The Hall–Kier alpha value is -1.14. The van der Waals surface area contributed by atoms with E-state index in [2.05, 4.69) is 0 Å². The van der Waals surface area contributed by atoms with Crippen molar-refractivity contribution in [1.82, 2.24) is 0 Å². The highest BCUT2D eigenvalue weighted by atomic mass is 32.1. The van der Waals surface area contributed by atoms with Crippen LogP contribution in [0.3, 0.4) is 0 Å². The molecule has 0 aliphatic heterocycles. The Balaban J connectivity index is 2.59. The number of nitriles is 1. The standard InChI is InChI=1S/C7H5NOS/c8-4-7(9)3-6-1-2-10-5-6/h1-2,5H,3H2. The SMILES string of the molecule is N#CC(=O)Cc1ccsc1. The number of ketones is 1. The third kappa shape index (κ3) is 1.67. The number of nitrogens with zero attached hydrogens (tertiary/aromatic N) is 1. The molecule has 1 aromatic heterocycles. The molecular formula is C7H5NOS. The Morgan fingerprint density at radius 1 is 1.80 bits per heavy atom. The summed E-state index contributed by atoms with van der Waals surface area (Å²) < 4.78 is 0. The zero-order valence-corrected chi connectivity index (χ0v) is 6.02. The molecule has 1 rings (SSSR count). The summed E-state index contributed by atoms with van der Waals surface area (Å²) >= 11 is 1.53. The van der Waals surface area contributed by atoms with Crippen molar-refractivity contribution in [3.05, 3.63) is 22.4 Å². The Bertz CT molecular complexity index is 258. The van der Waals surface area contributed by atoms with E-state index in [0.717, 1.165) is 5.56 Å². The lowest BCUT2D eigenvalue weighted by atomic mass is 10.2. The van der Waals surface area contributed by atoms with Gasteiger partial charge in [0.05, 0.1) is 0 Å². The molecule has 0 unspecified atom stereocenters. The van der Waals surface area contributed by atoms with Crippen LogP contribution in [-0.4, -0.2) is 5.78 Å². The van der Waals surface area contributed by atoms with E-state index in [1.165, 1.54) is 11.3 Å². The maximum absolute atomic E-state index is 10.5. The highest BCUT2D eigenvalue weighted by molar-refractivity contribution is 7.07. The molecule has 0 fully saturated rings. The van der Waals surface area contributed by atoms with E-state index in [1.807, 2.05) is 16.8 Å². The molecule has 0 aliphatic rings. The van der Waals surface area contributed by atoms with Crippen LogP contribution in [0.1, 0.15) is 5.56 Å². The fraction of sp³-hybridized carbons (Fsp3) is 0.143. The highest BCUT2D eigenvalue weighted by Crippen LogP contribution is 2.06. The maximum Gasteiger partial charge on any atom is 0.236 e. The lowest BCUT2D eigenvalue weighted by Gasteiger charge is -1.84. The number of carbonyl (C=O) groups excluding carboxylic acids is 1. The molecule has 3 heteroatoms. The van der Waals surface area contributed by atoms with E-state index in [0.29, 0.717) is 0 Å². The first-order chi connectivity index (χ1) is 4.83. The molecule has 0 saturated heterocycles. The third-order valence-electron chi connectivity index (χ3n) is 1.07. The van der Waals surface area contributed by atoms with Crippen LogP contribution in [0.2, 0.25) is 0 Å². The first-order valence-corrected chi connectivity index (χ1v) is 3.71. The van der Waals surface area contributed by atoms with Crippen LogP contribution in [0.5, 0.6) is 0 Å². The summed E-state index contributed by atoms with van der Waals surface area (Å²) in [6, 6.07) is 3.42. The van der Waals surface area contributed by atoms with Gasteiger partial charge in [0.1, 0.15) is 6.07 Å². The molecule has 0 aromatic carbocycles. The predicted octanol–water partition coefficient (Wildman–Crippen LogP) is 1.38. The quantitative estimate of drug-likeness (QED) is 0.599. The van der Waals surface area contributed by atoms with Crippen LogP contribution >= 0.6 is 11.3 Å². The van der Waals surface area contributed by atoms with Crippen molar-refractivity contribution in [2.45, 2.75) is 6.42 Å². The van der Waals surface area contributed by atoms with E-state index in [9.17, 15) is 4.79 Å². The van der Waals surface area contributed by atoms with Crippen molar-refractivity contribution in [3.63, 3.8) is 0 Å². The predicted molar refractivity (Wildman–Crippen MR) is 38.6 cm³/mol. The molecule has 50 valence electrons. The van der Waals surface area contributed by atoms with Crippen molar-refractivity contribution in [3.8, 4) is 6.07 Å². The number of carbonyl (C=O) groups is 1. The van der Waals surface area contributed by atoms with Gasteiger partial charge >= 0.3 is 0 Å². The lowest BCUT2D eigenvalue weighted by Crippen LogP contribution is -1.96. The van der Waals surface area contributed by atoms with Gasteiger partial charge in [0.2, 0.25) is 5.78 Å². The van der Waals surface area contributed by atoms with Gasteiger partial charge in [0.25, 0.3) is 0 Å². The summed E-state index contributed by atoms with van der Waals surface area (Å²) in [4.78, 5) is 10.5. The summed E-state index contributed by atoms with van der Waals surface area (Å²) in [5.41, 5.74) is 0.927. The number of Topliss-reactive ketones (excluding diaryl/α,β-unsaturated/α-hetero) is 1. The fourth-order valence-corrected chi connectivity index (χ4v) is 1.29. The number of hydrogen-bond donors (Lipinski definition) is 0. The van der Waals surface area contributed by atoms with Crippen LogP contribution in [-0.2, 0) is 11.2 Å². The molecule has 0 saturated carbocycles. The second-order valence-corrected chi connectivity index (χ2v) is 2.62. The minimum absolute atomic E-state index is 0.250. The minimum atomic E-state index is -0.376. The largest absolute Gasteiger partial charge is 0.282 e. The average molecular weight is 151 g/mol. The van der Waals surface area contributed by atoms with Crippen LogP contribution in [0.25, 0.3) is 0 Å². The molecule has 0 N–H and O–H groups in total. The summed E-state index contributed by atoms with van der Waals surface area (Å²) in [5.74, 6) is -0.376. The normalized spacial score (nSPS) is 8.70.